The first-order valence-corrected chi connectivity index (χ1v) is 5.74. The number of hydrogen-bond acceptors (Lipinski definition) is 2. The van der Waals surface area contributed by atoms with Gasteiger partial charge in [-0.25, -0.2) is 8.78 Å². The minimum Gasteiger partial charge on any atom is -0.496 e. The average Bonchev–Trinajstić information content (AvgIpc) is 2.38. The fraction of sp³-hybridized carbons (Fsp3) is 0.0714. The van der Waals surface area contributed by atoms with E-state index in [-0.39, 0.29) is 16.9 Å². The van der Waals surface area contributed by atoms with Crippen LogP contribution in [-0.2, 0) is 0 Å². The Bertz CT molecular complexity index is 641. The van der Waals surface area contributed by atoms with Crippen molar-refractivity contribution in [2.24, 2.45) is 0 Å². The van der Waals surface area contributed by atoms with Gasteiger partial charge in [0.15, 0.2) is 5.78 Å². The van der Waals surface area contributed by atoms with Crippen LogP contribution in [0, 0.1) is 11.6 Å². The highest BCUT2D eigenvalue weighted by atomic mass is 35.5. The van der Waals surface area contributed by atoms with E-state index in [1.54, 1.807) is 6.07 Å². The molecule has 0 unspecified atom stereocenters. The molecule has 0 saturated heterocycles. The van der Waals surface area contributed by atoms with Crippen molar-refractivity contribution >= 4 is 17.4 Å². The van der Waals surface area contributed by atoms with E-state index in [0.717, 1.165) is 12.1 Å². The normalized spacial score (nSPS) is 10.3. The number of carbonyl (C=O) groups is 1. The lowest BCUT2D eigenvalue weighted by Crippen LogP contribution is -2.06. The predicted molar refractivity (Wildman–Crippen MR) is 67.8 cm³/mol. The molecule has 5 heteroatoms. The quantitative estimate of drug-likeness (QED) is 0.799. The van der Waals surface area contributed by atoms with Gasteiger partial charge in [-0.3, -0.25) is 4.79 Å². The van der Waals surface area contributed by atoms with Crippen LogP contribution in [0.15, 0.2) is 36.4 Å². The maximum Gasteiger partial charge on any atom is 0.199 e. The van der Waals surface area contributed by atoms with E-state index in [4.69, 9.17) is 16.3 Å². The zero-order valence-corrected chi connectivity index (χ0v) is 10.7. The first-order valence-electron chi connectivity index (χ1n) is 5.36. The van der Waals surface area contributed by atoms with E-state index < -0.39 is 17.4 Å². The summed E-state index contributed by atoms with van der Waals surface area (Å²) in [6.07, 6.45) is 0. The Kier molecular flexibility index (Phi) is 3.81. The fourth-order valence-corrected chi connectivity index (χ4v) is 1.85. The second-order valence-electron chi connectivity index (χ2n) is 3.80. The molecule has 98 valence electrons. The molecule has 2 aromatic rings. The largest absolute Gasteiger partial charge is 0.496 e. The standard InChI is InChI=1S/C14H9ClF2O2/c1-19-13-5-2-8(15)6-11(13)14(18)10-4-3-9(16)7-12(10)17/h2-7H,1H3. The van der Waals surface area contributed by atoms with Gasteiger partial charge in [0.2, 0.25) is 0 Å². The van der Waals surface area contributed by atoms with Crippen LogP contribution in [0.2, 0.25) is 5.02 Å². The molecule has 0 N–H and O–H groups in total. The highest BCUT2D eigenvalue weighted by molar-refractivity contribution is 6.31. The lowest BCUT2D eigenvalue weighted by Gasteiger charge is -2.08. The van der Waals surface area contributed by atoms with Crippen LogP contribution < -0.4 is 4.74 Å². The van der Waals surface area contributed by atoms with Gasteiger partial charge in [-0.05, 0) is 30.3 Å². The van der Waals surface area contributed by atoms with Crippen molar-refractivity contribution in [2.45, 2.75) is 0 Å². The van der Waals surface area contributed by atoms with Crippen LogP contribution in [0.3, 0.4) is 0 Å². The maximum atomic E-state index is 13.6. The number of hydrogen-bond donors (Lipinski definition) is 0. The van der Waals surface area contributed by atoms with Crippen LogP contribution in [0.4, 0.5) is 8.78 Å². The van der Waals surface area contributed by atoms with Crippen LogP contribution in [0.25, 0.3) is 0 Å². The number of rotatable bonds is 3. The van der Waals surface area contributed by atoms with Gasteiger partial charge >= 0.3 is 0 Å². The number of methoxy groups -OCH3 is 1. The molecule has 2 nitrogen and oxygen atoms in total. The van der Waals surface area contributed by atoms with Gasteiger partial charge < -0.3 is 4.74 Å². The third-order valence-electron chi connectivity index (χ3n) is 2.58. The summed E-state index contributed by atoms with van der Waals surface area (Å²) in [5.74, 6) is -2.01. The molecule has 2 aromatic carbocycles. The van der Waals surface area contributed by atoms with Gasteiger partial charge in [-0.1, -0.05) is 11.6 Å². The van der Waals surface area contributed by atoms with E-state index >= 15 is 0 Å². The van der Waals surface area contributed by atoms with Crippen molar-refractivity contribution in [1.29, 1.82) is 0 Å². The number of ether oxygens (including phenoxy) is 1. The van der Waals surface area contributed by atoms with Gasteiger partial charge in [-0.15, -0.1) is 0 Å². The summed E-state index contributed by atoms with van der Waals surface area (Å²) in [5, 5.41) is 0.326. The van der Waals surface area contributed by atoms with Crippen LogP contribution >= 0.6 is 11.6 Å². The SMILES string of the molecule is COc1ccc(Cl)cc1C(=O)c1ccc(F)cc1F. The fourth-order valence-electron chi connectivity index (χ4n) is 1.68. The first kappa shape index (κ1) is 13.5. The zero-order valence-electron chi connectivity index (χ0n) is 9.91. The summed E-state index contributed by atoms with van der Waals surface area (Å²) in [7, 11) is 1.39. The maximum absolute atomic E-state index is 13.6. The molecule has 0 aromatic heterocycles. The minimum atomic E-state index is -0.924. The number of halogens is 3. The Hall–Kier alpha value is -1.94. The van der Waals surface area contributed by atoms with Crippen molar-refractivity contribution in [3.05, 3.63) is 64.2 Å². The van der Waals surface area contributed by atoms with E-state index in [0.29, 0.717) is 11.1 Å². The lowest BCUT2D eigenvalue weighted by molar-refractivity contribution is 0.103. The number of benzene rings is 2. The Morgan fingerprint density at radius 3 is 2.47 bits per heavy atom. The third-order valence-corrected chi connectivity index (χ3v) is 2.82. The summed E-state index contributed by atoms with van der Waals surface area (Å²) in [4.78, 5) is 12.2. The van der Waals surface area contributed by atoms with Gasteiger partial charge in [0.05, 0.1) is 18.2 Å². The predicted octanol–water partition coefficient (Wildman–Crippen LogP) is 3.86. The molecule has 0 heterocycles. The molecular formula is C14H9ClF2O2. The molecule has 0 fully saturated rings. The molecule has 0 spiro atoms. The Balaban J connectivity index is 2.52. The van der Waals surface area contributed by atoms with E-state index in [1.165, 1.54) is 19.2 Å². The van der Waals surface area contributed by atoms with Gasteiger partial charge in [0.1, 0.15) is 17.4 Å². The molecule has 0 saturated carbocycles. The average molecular weight is 283 g/mol. The van der Waals surface area contributed by atoms with Gasteiger partial charge in [0, 0.05) is 11.1 Å². The second kappa shape index (κ2) is 5.36. The number of ketones is 1. The highest BCUT2D eigenvalue weighted by Gasteiger charge is 2.18. The van der Waals surface area contributed by atoms with Crippen LogP contribution in [0.1, 0.15) is 15.9 Å². The minimum absolute atomic E-state index is 0.125. The first-order chi connectivity index (χ1) is 9.02. The van der Waals surface area contributed by atoms with E-state index in [1.807, 2.05) is 0 Å². The van der Waals surface area contributed by atoms with Crippen molar-refractivity contribution in [3.63, 3.8) is 0 Å². The van der Waals surface area contributed by atoms with Crippen molar-refractivity contribution in [2.75, 3.05) is 7.11 Å². The summed E-state index contributed by atoms with van der Waals surface area (Å²) in [6.45, 7) is 0. The Labute approximate surface area is 113 Å². The highest BCUT2D eigenvalue weighted by Crippen LogP contribution is 2.26. The molecule has 0 aliphatic rings. The Morgan fingerprint density at radius 2 is 1.84 bits per heavy atom. The lowest BCUT2D eigenvalue weighted by atomic mass is 10.0. The summed E-state index contributed by atoms with van der Waals surface area (Å²) < 4.78 is 31.4. The van der Waals surface area contributed by atoms with E-state index in [2.05, 4.69) is 0 Å². The third kappa shape index (κ3) is 2.74. The summed E-state index contributed by atoms with van der Waals surface area (Å²) in [6, 6.07) is 7.21. The van der Waals surface area contributed by atoms with Gasteiger partial charge in [0.25, 0.3) is 0 Å². The molecule has 0 amide bonds. The zero-order chi connectivity index (χ0) is 14.0. The van der Waals surface area contributed by atoms with Crippen molar-refractivity contribution < 1.29 is 18.3 Å². The van der Waals surface area contributed by atoms with Gasteiger partial charge in [-0.2, -0.15) is 0 Å². The monoisotopic (exact) mass is 282 g/mol. The molecule has 2 rings (SSSR count). The molecule has 0 atom stereocenters. The smallest absolute Gasteiger partial charge is 0.199 e. The molecule has 0 aliphatic carbocycles. The number of carbonyl (C=O) groups excluding carboxylic acids is 1. The van der Waals surface area contributed by atoms with Crippen molar-refractivity contribution in [1.82, 2.24) is 0 Å². The summed E-state index contributed by atoms with van der Waals surface area (Å²) in [5.41, 5.74) is -0.109. The molecule has 0 aliphatic heterocycles. The molecular weight excluding hydrogens is 274 g/mol. The summed E-state index contributed by atoms with van der Waals surface area (Å²) >= 11 is 5.81. The second-order valence-corrected chi connectivity index (χ2v) is 4.23. The van der Waals surface area contributed by atoms with Crippen LogP contribution in [0.5, 0.6) is 5.75 Å². The topological polar surface area (TPSA) is 26.3 Å². The molecule has 0 radical (unpaired) electrons. The van der Waals surface area contributed by atoms with Crippen molar-refractivity contribution in [3.8, 4) is 5.75 Å². The van der Waals surface area contributed by atoms with Crippen LogP contribution in [-0.4, -0.2) is 12.9 Å². The Morgan fingerprint density at radius 1 is 1.11 bits per heavy atom. The molecule has 0 bridgehead atoms. The molecule has 19 heavy (non-hydrogen) atoms. The van der Waals surface area contributed by atoms with E-state index in [9.17, 15) is 13.6 Å².